The lowest BCUT2D eigenvalue weighted by molar-refractivity contribution is -0.0502. The average molecular weight is 413 g/mol. The number of nitrogens with zero attached hydrogens (tertiary/aromatic N) is 5. The van der Waals surface area contributed by atoms with Gasteiger partial charge >= 0.3 is 0 Å². The summed E-state index contributed by atoms with van der Waals surface area (Å²) in [7, 11) is 1.83. The Hall–Kier alpha value is -2.45. The Bertz CT molecular complexity index is 837. The first-order valence-electron chi connectivity index (χ1n) is 10.8. The maximum atomic E-state index is 6.09. The standard InChI is InChI=1S/C22H32N6O2/c1-16(2)21-25-20(30-26-21)9-10-24-22(23-3)28-14-18-19(15-28)29-12-11-27(18)13-17-7-5-4-6-8-17/h4-8,16,18-19H,9-15H2,1-3H3,(H,23,24). The number of morpholine rings is 1. The van der Waals surface area contributed by atoms with Crippen LogP contribution in [-0.2, 0) is 17.7 Å². The van der Waals surface area contributed by atoms with Gasteiger partial charge in [-0.25, -0.2) is 0 Å². The SMILES string of the molecule is CN=C(NCCc1nc(C(C)C)no1)N1CC2OCCN(Cc3ccccc3)C2C1. The summed E-state index contributed by atoms with van der Waals surface area (Å²) in [6.45, 7) is 9.29. The fraction of sp³-hybridized carbons (Fsp3) is 0.591. The van der Waals surface area contributed by atoms with Crippen LogP contribution in [0.4, 0.5) is 0 Å². The number of guanidine groups is 1. The van der Waals surface area contributed by atoms with Gasteiger partial charge in [0.05, 0.1) is 18.8 Å². The van der Waals surface area contributed by atoms with Crippen LogP contribution in [0.2, 0.25) is 0 Å². The third kappa shape index (κ3) is 4.82. The molecule has 3 heterocycles. The van der Waals surface area contributed by atoms with E-state index in [9.17, 15) is 0 Å². The number of fused-ring (bicyclic) bond motifs is 1. The summed E-state index contributed by atoms with van der Waals surface area (Å²) in [6, 6.07) is 11.0. The van der Waals surface area contributed by atoms with E-state index in [4.69, 9.17) is 9.26 Å². The summed E-state index contributed by atoms with van der Waals surface area (Å²) in [5.74, 6) is 2.59. The molecule has 1 aromatic carbocycles. The van der Waals surface area contributed by atoms with Crippen molar-refractivity contribution >= 4 is 5.96 Å². The Kier molecular flexibility index (Phi) is 6.64. The van der Waals surface area contributed by atoms with Crippen LogP contribution in [0.1, 0.15) is 37.0 Å². The van der Waals surface area contributed by atoms with E-state index < -0.39 is 0 Å². The molecule has 2 aliphatic heterocycles. The van der Waals surface area contributed by atoms with E-state index in [1.165, 1.54) is 5.56 Å². The third-order valence-corrected chi connectivity index (χ3v) is 5.78. The Morgan fingerprint density at radius 2 is 2.10 bits per heavy atom. The van der Waals surface area contributed by atoms with Crippen molar-refractivity contribution in [1.82, 2.24) is 25.3 Å². The summed E-state index contributed by atoms with van der Waals surface area (Å²) < 4.78 is 11.4. The molecule has 0 bridgehead atoms. The molecule has 8 nitrogen and oxygen atoms in total. The highest BCUT2D eigenvalue weighted by Gasteiger charge is 2.41. The van der Waals surface area contributed by atoms with Crippen molar-refractivity contribution in [2.45, 2.75) is 44.9 Å². The molecule has 2 fully saturated rings. The van der Waals surface area contributed by atoms with E-state index in [-0.39, 0.29) is 12.0 Å². The Morgan fingerprint density at radius 3 is 2.83 bits per heavy atom. The van der Waals surface area contributed by atoms with Crippen molar-refractivity contribution in [2.24, 2.45) is 4.99 Å². The molecular weight excluding hydrogens is 380 g/mol. The van der Waals surface area contributed by atoms with Crippen LogP contribution < -0.4 is 5.32 Å². The van der Waals surface area contributed by atoms with Gasteiger partial charge in [0, 0.05) is 52.1 Å². The van der Waals surface area contributed by atoms with Crippen LogP contribution in [0.5, 0.6) is 0 Å². The zero-order chi connectivity index (χ0) is 20.9. The molecule has 2 unspecified atom stereocenters. The molecule has 1 aromatic heterocycles. The predicted molar refractivity (Wildman–Crippen MR) is 115 cm³/mol. The summed E-state index contributed by atoms with van der Waals surface area (Å²) in [5.41, 5.74) is 1.35. The van der Waals surface area contributed by atoms with Gasteiger partial charge in [-0.1, -0.05) is 49.3 Å². The molecule has 0 spiro atoms. The first-order valence-corrected chi connectivity index (χ1v) is 10.8. The number of hydrogen-bond donors (Lipinski definition) is 1. The average Bonchev–Trinajstić information content (AvgIpc) is 3.40. The highest BCUT2D eigenvalue weighted by atomic mass is 16.5. The number of nitrogens with one attached hydrogen (secondary N) is 1. The van der Waals surface area contributed by atoms with Gasteiger partial charge < -0.3 is 19.5 Å². The van der Waals surface area contributed by atoms with Crippen LogP contribution in [0.3, 0.4) is 0 Å². The second kappa shape index (κ2) is 9.57. The molecule has 0 saturated carbocycles. The molecular formula is C22H32N6O2. The monoisotopic (exact) mass is 412 g/mol. The fourth-order valence-corrected chi connectivity index (χ4v) is 4.16. The summed E-state index contributed by atoms with van der Waals surface area (Å²) in [6.07, 6.45) is 0.890. The van der Waals surface area contributed by atoms with Crippen LogP contribution in [0.15, 0.2) is 39.8 Å². The third-order valence-electron chi connectivity index (χ3n) is 5.78. The molecule has 4 rings (SSSR count). The number of ether oxygens (including phenoxy) is 1. The van der Waals surface area contributed by atoms with Gasteiger partial charge in [0.25, 0.3) is 0 Å². The van der Waals surface area contributed by atoms with Gasteiger partial charge in [-0.3, -0.25) is 9.89 Å². The van der Waals surface area contributed by atoms with Crippen molar-refractivity contribution in [2.75, 3.05) is 39.8 Å². The van der Waals surface area contributed by atoms with E-state index in [0.717, 1.165) is 44.6 Å². The molecule has 1 N–H and O–H groups in total. The number of rotatable bonds is 6. The van der Waals surface area contributed by atoms with Crippen LogP contribution in [0.25, 0.3) is 0 Å². The van der Waals surface area contributed by atoms with Gasteiger partial charge in [0.1, 0.15) is 0 Å². The van der Waals surface area contributed by atoms with Gasteiger partial charge in [0.2, 0.25) is 5.89 Å². The smallest absolute Gasteiger partial charge is 0.228 e. The normalized spacial score (nSPS) is 22.5. The lowest BCUT2D eigenvalue weighted by Crippen LogP contribution is -2.50. The first kappa shape index (κ1) is 20.8. The predicted octanol–water partition coefficient (Wildman–Crippen LogP) is 1.90. The highest BCUT2D eigenvalue weighted by Crippen LogP contribution is 2.24. The minimum absolute atomic E-state index is 0.213. The maximum Gasteiger partial charge on any atom is 0.228 e. The number of hydrogen-bond acceptors (Lipinski definition) is 6. The molecule has 2 aliphatic rings. The number of aromatic nitrogens is 2. The molecule has 0 aliphatic carbocycles. The van der Waals surface area contributed by atoms with E-state index in [2.05, 4.69) is 74.4 Å². The van der Waals surface area contributed by atoms with E-state index in [1.54, 1.807) is 0 Å². The Balaban J connectivity index is 1.32. The van der Waals surface area contributed by atoms with Gasteiger partial charge in [-0.2, -0.15) is 4.98 Å². The fourth-order valence-electron chi connectivity index (χ4n) is 4.16. The minimum atomic E-state index is 0.213. The van der Waals surface area contributed by atoms with Gasteiger partial charge in [-0.15, -0.1) is 0 Å². The number of benzene rings is 1. The van der Waals surface area contributed by atoms with Crippen molar-refractivity contribution in [3.63, 3.8) is 0 Å². The summed E-state index contributed by atoms with van der Waals surface area (Å²) >= 11 is 0. The zero-order valence-electron chi connectivity index (χ0n) is 18.1. The van der Waals surface area contributed by atoms with Crippen molar-refractivity contribution in [3.8, 4) is 0 Å². The van der Waals surface area contributed by atoms with E-state index in [0.29, 0.717) is 24.9 Å². The van der Waals surface area contributed by atoms with E-state index >= 15 is 0 Å². The molecule has 30 heavy (non-hydrogen) atoms. The molecule has 8 heteroatoms. The largest absolute Gasteiger partial charge is 0.373 e. The van der Waals surface area contributed by atoms with Crippen molar-refractivity contribution in [1.29, 1.82) is 0 Å². The molecule has 2 aromatic rings. The van der Waals surface area contributed by atoms with Crippen molar-refractivity contribution < 1.29 is 9.26 Å². The Morgan fingerprint density at radius 1 is 1.27 bits per heavy atom. The lowest BCUT2D eigenvalue weighted by Gasteiger charge is -2.36. The second-order valence-electron chi connectivity index (χ2n) is 8.26. The van der Waals surface area contributed by atoms with Crippen LogP contribution in [-0.4, -0.2) is 77.9 Å². The molecule has 162 valence electrons. The van der Waals surface area contributed by atoms with Crippen molar-refractivity contribution in [3.05, 3.63) is 47.6 Å². The Labute approximate surface area is 178 Å². The summed E-state index contributed by atoms with van der Waals surface area (Å²) in [4.78, 5) is 13.8. The number of aliphatic imine (C=N–C) groups is 1. The zero-order valence-corrected chi connectivity index (χ0v) is 18.1. The lowest BCUT2D eigenvalue weighted by atomic mass is 10.1. The van der Waals surface area contributed by atoms with Gasteiger partial charge in [0.15, 0.2) is 11.8 Å². The van der Waals surface area contributed by atoms with Crippen LogP contribution in [0, 0.1) is 0 Å². The van der Waals surface area contributed by atoms with E-state index in [1.807, 2.05) is 7.05 Å². The molecule has 0 radical (unpaired) electrons. The second-order valence-corrected chi connectivity index (χ2v) is 8.26. The maximum absolute atomic E-state index is 6.09. The summed E-state index contributed by atoms with van der Waals surface area (Å²) in [5, 5.41) is 7.47. The number of likely N-dealkylation sites (tertiary alicyclic amines) is 1. The van der Waals surface area contributed by atoms with Gasteiger partial charge in [-0.05, 0) is 5.56 Å². The minimum Gasteiger partial charge on any atom is -0.373 e. The topological polar surface area (TPSA) is 79.0 Å². The quantitative estimate of drug-likeness (QED) is 0.573. The molecule has 2 saturated heterocycles. The van der Waals surface area contributed by atoms with Crippen LogP contribution >= 0.6 is 0 Å². The first-order chi connectivity index (χ1) is 14.6. The molecule has 2 atom stereocenters. The highest BCUT2D eigenvalue weighted by molar-refractivity contribution is 5.80. The molecule has 0 amide bonds.